The third-order valence-electron chi connectivity index (χ3n) is 6.60. The molecule has 0 radical (unpaired) electrons. The highest BCUT2D eigenvalue weighted by atomic mass is 16.5. The van der Waals surface area contributed by atoms with E-state index < -0.39 is 0 Å². The van der Waals surface area contributed by atoms with Gasteiger partial charge in [0.25, 0.3) is 5.91 Å². The average molecular weight is 411 g/mol. The minimum atomic E-state index is 0.0373. The summed E-state index contributed by atoms with van der Waals surface area (Å²) in [7, 11) is 4.00. The molecule has 3 heterocycles. The minimum Gasteiger partial charge on any atom is -0.363 e. The van der Waals surface area contributed by atoms with Crippen LogP contribution in [-0.2, 0) is 12.8 Å². The molecule has 2 aliphatic carbocycles. The van der Waals surface area contributed by atoms with Crippen molar-refractivity contribution in [3.05, 3.63) is 29.4 Å². The van der Waals surface area contributed by atoms with E-state index in [1.807, 2.05) is 23.9 Å². The van der Waals surface area contributed by atoms with Crippen molar-refractivity contribution in [2.75, 3.05) is 37.0 Å². The van der Waals surface area contributed by atoms with E-state index in [4.69, 9.17) is 4.52 Å². The van der Waals surface area contributed by atoms with Gasteiger partial charge in [-0.15, -0.1) is 0 Å². The lowest BCUT2D eigenvalue weighted by atomic mass is 9.95. The monoisotopic (exact) mass is 410 g/mol. The number of carbonyl (C=O) groups is 1. The topological polar surface area (TPSA) is 78.6 Å². The second-order valence-electron chi connectivity index (χ2n) is 8.93. The largest absolute Gasteiger partial charge is 0.363 e. The van der Waals surface area contributed by atoms with E-state index in [1.54, 1.807) is 6.33 Å². The summed E-state index contributed by atoms with van der Waals surface area (Å²) in [5.41, 5.74) is 1.60. The number of hydrogen-bond donors (Lipinski definition) is 0. The zero-order valence-corrected chi connectivity index (χ0v) is 17.9. The summed E-state index contributed by atoms with van der Waals surface area (Å²) in [5, 5.41) is 4.14. The van der Waals surface area contributed by atoms with Crippen LogP contribution in [0.5, 0.6) is 0 Å². The second kappa shape index (κ2) is 7.89. The molecule has 0 unspecified atom stereocenters. The van der Waals surface area contributed by atoms with E-state index in [1.165, 1.54) is 12.8 Å². The summed E-state index contributed by atoms with van der Waals surface area (Å²) in [5.74, 6) is 2.88. The molecule has 2 aromatic heterocycles. The normalized spacial score (nSPS) is 19.5. The third kappa shape index (κ3) is 3.63. The number of carbonyl (C=O) groups excluding carboxylic acids is 1. The Bertz CT molecular complexity index is 914. The number of amides is 1. The first-order valence-corrected chi connectivity index (χ1v) is 11.2. The molecule has 0 bridgehead atoms. The summed E-state index contributed by atoms with van der Waals surface area (Å²) in [6.07, 6.45) is 10.0. The first kappa shape index (κ1) is 19.3. The Balaban J connectivity index is 1.28. The van der Waals surface area contributed by atoms with Crippen molar-refractivity contribution in [2.24, 2.45) is 0 Å². The molecule has 5 rings (SSSR count). The molecule has 0 aromatic carbocycles. The van der Waals surface area contributed by atoms with Crippen LogP contribution < -0.4 is 9.80 Å². The Morgan fingerprint density at radius 1 is 1.03 bits per heavy atom. The lowest BCUT2D eigenvalue weighted by molar-refractivity contribution is 0.0700. The summed E-state index contributed by atoms with van der Waals surface area (Å²) >= 11 is 0. The van der Waals surface area contributed by atoms with Gasteiger partial charge in [-0.3, -0.25) is 4.79 Å². The molecule has 160 valence electrons. The van der Waals surface area contributed by atoms with Crippen LogP contribution in [0.25, 0.3) is 0 Å². The molecule has 2 aromatic rings. The van der Waals surface area contributed by atoms with Crippen LogP contribution in [-0.4, -0.2) is 65.2 Å². The molecule has 0 N–H and O–H groups in total. The molecule has 1 amide bonds. The van der Waals surface area contributed by atoms with Crippen molar-refractivity contribution in [3.8, 4) is 0 Å². The number of nitrogens with zero attached hydrogens (tertiary/aromatic N) is 6. The fourth-order valence-electron chi connectivity index (χ4n) is 4.80. The zero-order valence-electron chi connectivity index (χ0n) is 17.9. The van der Waals surface area contributed by atoms with Gasteiger partial charge in [0.05, 0.1) is 0 Å². The van der Waals surface area contributed by atoms with Gasteiger partial charge in [-0.05, 0) is 44.9 Å². The number of aryl methyl sites for hydroxylation is 1. The SMILES string of the molecule is CN(C)c1cc(N(C2CC2)C2CCN(C(=O)c3noc4c3CCCC4)CC2)ncn1. The number of aromatic nitrogens is 3. The molecule has 1 aliphatic heterocycles. The molecular formula is C22H30N6O2. The van der Waals surface area contributed by atoms with Gasteiger partial charge in [-0.2, -0.15) is 0 Å². The number of piperidine rings is 1. The quantitative estimate of drug-likeness (QED) is 0.750. The number of fused-ring (bicyclic) bond motifs is 1. The minimum absolute atomic E-state index is 0.0373. The smallest absolute Gasteiger partial charge is 0.276 e. The molecule has 1 saturated carbocycles. The molecule has 8 nitrogen and oxygen atoms in total. The summed E-state index contributed by atoms with van der Waals surface area (Å²) in [6.45, 7) is 1.50. The van der Waals surface area contributed by atoms with Crippen LogP contribution in [0.3, 0.4) is 0 Å². The van der Waals surface area contributed by atoms with Crippen LogP contribution in [0.4, 0.5) is 11.6 Å². The van der Waals surface area contributed by atoms with E-state index in [0.29, 0.717) is 17.8 Å². The Labute approximate surface area is 177 Å². The highest BCUT2D eigenvalue weighted by molar-refractivity contribution is 5.94. The van der Waals surface area contributed by atoms with E-state index in [2.05, 4.69) is 26.1 Å². The Kier molecular flexibility index (Phi) is 5.08. The highest BCUT2D eigenvalue weighted by Crippen LogP contribution is 2.36. The van der Waals surface area contributed by atoms with E-state index in [0.717, 1.165) is 74.6 Å². The maximum absolute atomic E-state index is 13.1. The first-order valence-electron chi connectivity index (χ1n) is 11.2. The van der Waals surface area contributed by atoms with Crippen molar-refractivity contribution in [3.63, 3.8) is 0 Å². The Morgan fingerprint density at radius 3 is 2.47 bits per heavy atom. The number of hydrogen-bond acceptors (Lipinski definition) is 7. The molecule has 0 spiro atoms. The summed E-state index contributed by atoms with van der Waals surface area (Å²) in [4.78, 5) is 28.5. The zero-order chi connectivity index (χ0) is 20.7. The lowest BCUT2D eigenvalue weighted by Crippen LogP contribution is -2.48. The molecule has 2 fully saturated rings. The molecule has 30 heavy (non-hydrogen) atoms. The molecule has 0 atom stereocenters. The van der Waals surface area contributed by atoms with Crippen LogP contribution in [0.1, 0.15) is 60.3 Å². The third-order valence-corrected chi connectivity index (χ3v) is 6.60. The standard InChI is InChI=1S/C22H30N6O2/c1-26(2)19-13-20(24-14-23-19)28(15-7-8-15)16-9-11-27(12-10-16)22(29)21-17-5-3-4-6-18(17)30-25-21/h13-16H,3-12H2,1-2H3. The first-order chi connectivity index (χ1) is 14.6. The van der Waals surface area contributed by atoms with Crippen molar-refractivity contribution < 1.29 is 9.32 Å². The van der Waals surface area contributed by atoms with Crippen molar-refractivity contribution in [1.29, 1.82) is 0 Å². The van der Waals surface area contributed by atoms with Crippen molar-refractivity contribution in [2.45, 2.75) is 63.5 Å². The van der Waals surface area contributed by atoms with Crippen LogP contribution in [0.15, 0.2) is 16.9 Å². The van der Waals surface area contributed by atoms with Crippen molar-refractivity contribution in [1.82, 2.24) is 20.0 Å². The van der Waals surface area contributed by atoms with Gasteiger partial charge in [0.15, 0.2) is 5.69 Å². The molecule has 3 aliphatic rings. The molecule has 1 saturated heterocycles. The number of anilines is 2. The van der Waals surface area contributed by atoms with Gasteiger partial charge in [0.2, 0.25) is 0 Å². The number of likely N-dealkylation sites (tertiary alicyclic amines) is 1. The Morgan fingerprint density at radius 2 is 1.73 bits per heavy atom. The fraction of sp³-hybridized carbons (Fsp3) is 0.636. The predicted octanol–water partition coefficient (Wildman–Crippen LogP) is 2.68. The molecular weight excluding hydrogens is 380 g/mol. The van der Waals surface area contributed by atoms with E-state index in [-0.39, 0.29) is 5.91 Å². The Hall–Kier alpha value is -2.64. The van der Waals surface area contributed by atoms with Crippen LogP contribution in [0.2, 0.25) is 0 Å². The summed E-state index contributed by atoms with van der Waals surface area (Å²) in [6, 6.07) is 3.04. The fourth-order valence-corrected chi connectivity index (χ4v) is 4.80. The highest BCUT2D eigenvalue weighted by Gasteiger charge is 2.38. The average Bonchev–Trinajstić information content (AvgIpc) is 3.51. The second-order valence-corrected chi connectivity index (χ2v) is 8.93. The maximum atomic E-state index is 13.1. The van der Waals surface area contributed by atoms with Crippen LogP contribution in [0, 0.1) is 0 Å². The van der Waals surface area contributed by atoms with Gasteiger partial charge < -0.3 is 19.2 Å². The van der Waals surface area contributed by atoms with E-state index in [9.17, 15) is 4.79 Å². The molecule has 8 heteroatoms. The van der Waals surface area contributed by atoms with Gasteiger partial charge in [-0.1, -0.05) is 5.16 Å². The maximum Gasteiger partial charge on any atom is 0.276 e. The van der Waals surface area contributed by atoms with Crippen LogP contribution >= 0.6 is 0 Å². The summed E-state index contributed by atoms with van der Waals surface area (Å²) < 4.78 is 5.46. The van der Waals surface area contributed by atoms with Gasteiger partial charge in [0.1, 0.15) is 23.7 Å². The van der Waals surface area contributed by atoms with Gasteiger partial charge in [-0.25, -0.2) is 9.97 Å². The van der Waals surface area contributed by atoms with Gasteiger partial charge in [0, 0.05) is 57.3 Å². The number of rotatable bonds is 5. The predicted molar refractivity (Wildman–Crippen MR) is 114 cm³/mol. The van der Waals surface area contributed by atoms with Crippen molar-refractivity contribution >= 4 is 17.5 Å². The van der Waals surface area contributed by atoms with Gasteiger partial charge >= 0.3 is 0 Å². The van der Waals surface area contributed by atoms with E-state index >= 15 is 0 Å². The lowest BCUT2D eigenvalue weighted by Gasteiger charge is -2.39.